The fraction of sp³-hybridized carbons (Fsp3) is 0.350. The summed E-state index contributed by atoms with van der Waals surface area (Å²) in [4.78, 5) is 11.4. The summed E-state index contributed by atoms with van der Waals surface area (Å²) in [7, 11) is 1.66. The molecule has 5 heteroatoms. The largest absolute Gasteiger partial charge is 0.497 e. The molecule has 0 saturated heterocycles. The van der Waals surface area contributed by atoms with Crippen molar-refractivity contribution in [1.29, 1.82) is 0 Å². The first kappa shape index (κ1) is 15.8. The predicted octanol–water partition coefficient (Wildman–Crippen LogP) is 3.85. The molecule has 0 saturated carbocycles. The Morgan fingerprint density at radius 1 is 1.28 bits per heavy atom. The molecule has 130 valence electrons. The van der Waals surface area contributed by atoms with E-state index in [1.54, 1.807) is 19.2 Å². The molecule has 2 aliphatic heterocycles. The second-order valence-electron chi connectivity index (χ2n) is 7.23. The van der Waals surface area contributed by atoms with E-state index in [0.29, 0.717) is 12.2 Å². The van der Waals surface area contributed by atoms with Gasteiger partial charge in [-0.3, -0.25) is 0 Å². The first-order valence-corrected chi connectivity index (χ1v) is 8.37. The van der Waals surface area contributed by atoms with Crippen molar-refractivity contribution in [3.63, 3.8) is 0 Å². The zero-order valence-corrected chi connectivity index (χ0v) is 14.5. The molecule has 0 radical (unpaired) electrons. The molecule has 25 heavy (non-hydrogen) atoms. The van der Waals surface area contributed by atoms with E-state index < -0.39 is 5.97 Å². The topological polar surface area (TPSA) is 67.8 Å². The number of carboxylic acids is 1. The first-order valence-electron chi connectivity index (χ1n) is 8.37. The van der Waals surface area contributed by atoms with Crippen LogP contribution in [0.4, 0.5) is 5.69 Å². The lowest BCUT2D eigenvalue weighted by molar-refractivity contribution is 0.0696. The minimum atomic E-state index is -0.907. The van der Waals surface area contributed by atoms with Gasteiger partial charge in [-0.25, -0.2) is 4.79 Å². The highest BCUT2D eigenvalue weighted by molar-refractivity contribution is 5.89. The van der Waals surface area contributed by atoms with E-state index in [2.05, 4.69) is 19.2 Å². The summed E-state index contributed by atoms with van der Waals surface area (Å²) in [5, 5.41) is 12.9. The summed E-state index contributed by atoms with van der Waals surface area (Å²) in [6.07, 6.45) is 0. The third-order valence-corrected chi connectivity index (χ3v) is 5.57. The Morgan fingerprint density at radius 3 is 2.80 bits per heavy atom. The number of methoxy groups -OCH3 is 1. The molecule has 0 spiro atoms. The number of fused-ring (bicyclic) bond motifs is 4. The average Bonchev–Trinajstić information content (AvgIpc) is 2.60. The second-order valence-corrected chi connectivity index (χ2v) is 7.23. The Balaban J connectivity index is 1.84. The predicted molar refractivity (Wildman–Crippen MR) is 94.8 cm³/mol. The van der Waals surface area contributed by atoms with Crippen molar-refractivity contribution in [3.8, 4) is 11.5 Å². The van der Waals surface area contributed by atoms with Gasteiger partial charge in [0.15, 0.2) is 0 Å². The van der Waals surface area contributed by atoms with Crippen molar-refractivity contribution in [2.24, 2.45) is 5.92 Å². The monoisotopic (exact) mass is 339 g/mol. The molecular formula is C20H21NO4. The van der Waals surface area contributed by atoms with Crippen LogP contribution in [-0.2, 0) is 5.41 Å². The van der Waals surface area contributed by atoms with Gasteiger partial charge in [-0.2, -0.15) is 0 Å². The molecule has 2 N–H and O–H groups in total. The van der Waals surface area contributed by atoms with Crippen molar-refractivity contribution in [3.05, 3.63) is 53.1 Å². The van der Waals surface area contributed by atoms with Crippen molar-refractivity contribution in [2.75, 3.05) is 19.0 Å². The standard InChI is InChI=1S/C20H21NO4/c1-20(2)14-8-11(19(22)23)4-6-16(14)21-18-13-9-12(24-3)5-7-17(13)25-10-15(18)20/h4-9,15,18,21H,10H2,1-3H3,(H,22,23)/t15-,18-/m1/s1. The Kier molecular flexibility index (Phi) is 3.42. The number of hydrogen-bond donors (Lipinski definition) is 2. The highest BCUT2D eigenvalue weighted by Gasteiger charge is 2.46. The number of ether oxygens (including phenoxy) is 2. The Labute approximate surface area is 146 Å². The van der Waals surface area contributed by atoms with E-state index in [4.69, 9.17) is 9.47 Å². The van der Waals surface area contributed by atoms with Gasteiger partial charge in [0.1, 0.15) is 11.5 Å². The summed E-state index contributed by atoms with van der Waals surface area (Å²) >= 11 is 0. The number of benzene rings is 2. The van der Waals surface area contributed by atoms with Crippen molar-refractivity contribution in [1.82, 2.24) is 0 Å². The summed E-state index contributed by atoms with van der Waals surface area (Å²) in [6.45, 7) is 4.90. The molecule has 0 unspecified atom stereocenters. The van der Waals surface area contributed by atoms with Crippen LogP contribution >= 0.6 is 0 Å². The molecule has 2 atom stereocenters. The second kappa shape index (κ2) is 5.41. The molecule has 5 nitrogen and oxygen atoms in total. The minimum absolute atomic E-state index is 0.0945. The van der Waals surface area contributed by atoms with Crippen molar-refractivity contribution in [2.45, 2.75) is 25.3 Å². The van der Waals surface area contributed by atoms with Gasteiger partial charge in [0.05, 0.1) is 25.3 Å². The number of hydrogen-bond acceptors (Lipinski definition) is 4. The van der Waals surface area contributed by atoms with E-state index in [1.807, 2.05) is 24.3 Å². The normalized spacial score (nSPS) is 22.5. The number of carboxylic acid groups (broad SMARTS) is 1. The number of nitrogens with one attached hydrogen (secondary N) is 1. The molecule has 0 amide bonds. The van der Waals surface area contributed by atoms with Gasteiger partial charge in [0.25, 0.3) is 0 Å². The summed E-state index contributed by atoms with van der Waals surface area (Å²) in [5.41, 5.74) is 3.16. The van der Waals surface area contributed by atoms with Gasteiger partial charge in [0.2, 0.25) is 0 Å². The maximum atomic E-state index is 11.4. The lowest BCUT2D eigenvalue weighted by Crippen LogP contribution is -2.46. The number of rotatable bonds is 2. The molecule has 0 aliphatic carbocycles. The lowest BCUT2D eigenvalue weighted by atomic mass is 9.65. The molecule has 2 aliphatic rings. The third kappa shape index (κ3) is 2.34. The molecule has 0 aromatic heterocycles. The van der Waals surface area contributed by atoms with Crippen LogP contribution < -0.4 is 14.8 Å². The van der Waals surface area contributed by atoms with E-state index in [9.17, 15) is 9.90 Å². The van der Waals surface area contributed by atoms with E-state index in [1.165, 1.54) is 0 Å². The zero-order chi connectivity index (χ0) is 17.8. The summed E-state index contributed by atoms with van der Waals surface area (Å²) in [5.74, 6) is 0.949. The third-order valence-electron chi connectivity index (χ3n) is 5.57. The molecule has 4 rings (SSSR count). The fourth-order valence-corrected chi connectivity index (χ4v) is 4.03. The molecular weight excluding hydrogens is 318 g/mol. The average molecular weight is 339 g/mol. The van der Waals surface area contributed by atoms with Crippen LogP contribution in [0.2, 0.25) is 0 Å². The zero-order valence-electron chi connectivity index (χ0n) is 14.5. The van der Waals surface area contributed by atoms with Crippen molar-refractivity contribution >= 4 is 11.7 Å². The van der Waals surface area contributed by atoms with Gasteiger partial charge >= 0.3 is 5.97 Å². The summed E-state index contributed by atoms with van der Waals surface area (Å²) in [6, 6.07) is 11.3. The molecule has 2 heterocycles. The minimum Gasteiger partial charge on any atom is -0.497 e. The van der Waals surface area contributed by atoms with Gasteiger partial charge in [-0.1, -0.05) is 13.8 Å². The van der Waals surface area contributed by atoms with Crippen LogP contribution in [0, 0.1) is 5.92 Å². The van der Waals surface area contributed by atoms with Crippen LogP contribution in [-0.4, -0.2) is 24.8 Å². The molecule has 2 aromatic carbocycles. The Hall–Kier alpha value is -2.69. The maximum absolute atomic E-state index is 11.4. The van der Waals surface area contributed by atoms with Crippen molar-refractivity contribution < 1.29 is 19.4 Å². The van der Waals surface area contributed by atoms with E-state index in [0.717, 1.165) is 28.3 Å². The quantitative estimate of drug-likeness (QED) is 0.870. The van der Waals surface area contributed by atoms with Crippen LogP contribution in [0.15, 0.2) is 36.4 Å². The SMILES string of the molecule is COc1ccc2c(c1)[C@H]1Nc3ccc(C(=O)O)cc3C(C)(C)[C@@H]1CO2. The van der Waals surface area contributed by atoms with Gasteiger partial charge in [-0.15, -0.1) is 0 Å². The highest BCUT2D eigenvalue weighted by atomic mass is 16.5. The maximum Gasteiger partial charge on any atom is 0.335 e. The first-order chi connectivity index (χ1) is 11.9. The smallest absolute Gasteiger partial charge is 0.335 e. The Bertz CT molecular complexity index is 859. The van der Waals surface area contributed by atoms with Gasteiger partial charge in [-0.05, 0) is 42.0 Å². The highest BCUT2D eigenvalue weighted by Crippen LogP contribution is 2.52. The van der Waals surface area contributed by atoms with Crippen LogP contribution in [0.1, 0.15) is 41.4 Å². The van der Waals surface area contributed by atoms with Crippen LogP contribution in [0.5, 0.6) is 11.5 Å². The fourth-order valence-electron chi connectivity index (χ4n) is 4.03. The molecule has 2 aromatic rings. The lowest BCUT2D eigenvalue weighted by Gasteiger charge is -2.48. The number of carbonyl (C=O) groups is 1. The van der Waals surface area contributed by atoms with Gasteiger partial charge < -0.3 is 19.9 Å². The number of anilines is 1. The van der Waals surface area contributed by atoms with E-state index in [-0.39, 0.29) is 17.4 Å². The Morgan fingerprint density at radius 2 is 2.08 bits per heavy atom. The van der Waals surface area contributed by atoms with E-state index >= 15 is 0 Å². The number of aromatic carboxylic acids is 1. The van der Waals surface area contributed by atoms with Crippen LogP contribution in [0.3, 0.4) is 0 Å². The summed E-state index contributed by atoms with van der Waals surface area (Å²) < 4.78 is 11.4. The molecule has 0 bridgehead atoms. The molecule has 0 fully saturated rings. The van der Waals surface area contributed by atoms with Gasteiger partial charge in [0, 0.05) is 22.6 Å². The van der Waals surface area contributed by atoms with Crippen LogP contribution in [0.25, 0.3) is 0 Å².